The Morgan fingerprint density at radius 1 is 1.07 bits per heavy atom. The monoisotopic (exact) mass is 208 g/mol. The van der Waals surface area contributed by atoms with E-state index in [4.69, 9.17) is 0 Å². The van der Waals surface area contributed by atoms with Crippen LogP contribution in [-0.4, -0.2) is 13.0 Å². The van der Waals surface area contributed by atoms with Crippen molar-refractivity contribution < 1.29 is 9.18 Å². The van der Waals surface area contributed by atoms with Crippen molar-refractivity contribution in [3.05, 3.63) is 35.4 Å². The molecule has 0 atom stereocenters. The molecule has 0 aliphatic heterocycles. The van der Waals surface area contributed by atoms with Gasteiger partial charge in [0, 0.05) is 6.42 Å². The normalized spacial score (nSPS) is 10.2. The van der Waals surface area contributed by atoms with E-state index in [1.54, 1.807) is 0 Å². The fraction of sp³-hybridized carbons (Fsp3) is 0.462. The van der Waals surface area contributed by atoms with Gasteiger partial charge in [0.15, 0.2) is 0 Å². The molecule has 1 nitrogen and oxygen atoms in total. The number of aldehydes is 1. The van der Waals surface area contributed by atoms with Gasteiger partial charge < -0.3 is 4.79 Å². The molecule has 0 saturated heterocycles. The van der Waals surface area contributed by atoms with Crippen LogP contribution in [0.2, 0.25) is 0 Å². The third-order valence-corrected chi connectivity index (χ3v) is 2.48. The van der Waals surface area contributed by atoms with E-state index in [1.807, 2.05) is 18.2 Å². The van der Waals surface area contributed by atoms with Crippen molar-refractivity contribution in [3.8, 4) is 0 Å². The minimum Gasteiger partial charge on any atom is -0.303 e. The van der Waals surface area contributed by atoms with E-state index in [2.05, 4.69) is 6.07 Å². The average Bonchev–Trinajstić information content (AvgIpc) is 2.28. The zero-order valence-electron chi connectivity index (χ0n) is 8.92. The zero-order valence-corrected chi connectivity index (χ0v) is 8.92. The number of carbonyl (C=O) groups excluding carboxylic acids is 1. The van der Waals surface area contributed by atoms with E-state index in [0.717, 1.165) is 25.5 Å². The summed E-state index contributed by atoms with van der Waals surface area (Å²) < 4.78 is 12.0. The number of aryl methyl sites for hydroxylation is 2. The smallest absolute Gasteiger partial charge is 0.120 e. The number of unbranched alkanes of at least 4 members (excludes halogenated alkanes) is 1. The first kappa shape index (κ1) is 11.9. The molecular formula is C13H17FO. The van der Waals surface area contributed by atoms with Gasteiger partial charge in [-0.2, -0.15) is 0 Å². The van der Waals surface area contributed by atoms with Crippen LogP contribution in [0.3, 0.4) is 0 Å². The molecule has 1 rings (SSSR count). The van der Waals surface area contributed by atoms with E-state index < -0.39 is 0 Å². The average molecular weight is 208 g/mol. The molecule has 0 radical (unpaired) electrons. The summed E-state index contributed by atoms with van der Waals surface area (Å²) in [5, 5.41) is 0. The molecular weight excluding hydrogens is 191 g/mol. The van der Waals surface area contributed by atoms with Crippen LogP contribution in [0.15, 0.2) is 24.3 Å². The minimum absolute atomic E-state index is 0.240. The molecule has 0 N–H and O–H groups in total. The number of halogens is 1. The lowest BCUT2D eigenvalue weighted by molar-refractivity contribution is -0.107. The third-order valence-electron chi connectivity index (χ3n) is 2.48. The Balaban J connectivity index is 2.55. The molecule has 1 aromatic rings. The maximum atomic E-state index is 12.0. The predicted molar refractivity (Wildman–Crippen MR) is 59.7 cm³/mol. The van der Waals surface area contributed by atoms with Gasteiger partial charge in [-0.15, -0.1) is 0 Å². The molecule has 0 spiro atoms. The first-order chi connectivity index (χ1) is 7.38. The van der Waals surface area contributed by atoms with Crippen molar-refractivity contribution in [1.82, 2.24) is 0 Å². The molecule has 82 valence electrons. The van der Waals surface area contributed by atoms with Crippen LogP contribution in [0, 0.1) is 0 Å². The fourth-order valence-electron chi connectivity index (χ4n) is 1.67. The van der Waals surface area contributed by atoms with E-state index in [-0.39, 0.29) is 6.67 Å². The molecule has 0 unspecified atom stereocenters. The first-order valence-electron chi connectivity index (χ1n) is 5.45. The van der Waals surface area contributed by atoms with E-state index >= 15 is 0 Å². The van der Waals surface area contributed by atoms with Crippen LogP contribution < -0.4 is 0 Å². The Hall–Kier alpha value is -1.18. The molecule has 0 aliphatic rings. The van der Waals surface area contributed by atoms with Crippen molar-refractivity contribution in [2.45, 2.75) is 32.1 Å². The highest BCUT2D eigenvalue weighted by Crippen LogP contribution is 2.13. The fourth-order valence-corrected chi connectivity index (χ4v) is 1.67. The molecule has 0 saturated carbocycles. The topological polar surface area (TPSA) is 17.1 Å². The Morgan fingerprint density at radius 2 is 1.73 bits per heavy atom. The molecule has 0 aromatic heterocycles. The van der Waals surface area contributed by atoms with Gasteiger partial charge in [0.1, 0.15) is 6.29 Å². The molecule has 0 heterocycles. The van der Waals surface area contributed by atoms with E-state index in [1.165, 1.54) is 11.1 Å². The maximum absolute atomic E-state index is 12.0. The summed E-state index contributed by atoms with van der Waals surface area (Å²) >= 11 is 0. The Kier molecular flexibility index (Phi) is 5.67. The van der Waals surface area contributed by atoms with Crippen molar-refractivity contribution in [2.75, 3.05) is 6.67 Å². The quantitative estimate of drug-likeness (QED) is 0.497. The van der Waals surface area contributed by atoms with E-state index in [9.17, 15) is 9.18 Å². The van der Waals surface area contributed by atoms with Crippen molar-refractivity contribution in [3.63, 3.8) is 0 Å². The molecule has 15 heavy (non-hydrogen) atoms. The van der Waals surface area contributed by atoms with Gasteiger partial charge in [-0.3, -0.25) is 4.39 Å². The maximum Gasteiger partial charge on any atom is 0.120 e. The number of alkyl halides is 1. The van der Waals surface area contributed by atoms with Crippen LogP contribution in [0.25, 0.3) is 0 Å². The Labute approximate surface area is 90.3 Å². The van der Waals surface area contributed by atoms with Crippen LogP contribution in [-0.2, 0) is 17.6 Å². The molecule has 2 heteroatoms. The van der Waals surface area contributed by atoms with Gasteiger partial charge in [-0.1, -0.05) is 24.3 Å². The zero-order chi connectivity index (χ0) is 10.9. The van der Waals surface area contributed by atoms with Gasteiger partial charge in [-0.05, 0) is 36.8 Å². The van der Waals surface area contributed by atoms with Crippen LogP contribution >= 0.6 is 0 Å². The van der Waals surface area contributed by atoms with Gasteiger partial charge in [-0.25, -0.2) is 0 Å². The lowest BCUT2D eigenvalue weighted by Gasteiger charge is -2.07. The highest BCUT2D eigenvalue weighted by atomic mass is 19.1. The predicted octanol–water partition coefficient (Wildman–Crippen LogP) is 3.11. The SMILES string of the molecule is O=CCCc1ccccc1CCCCF. The first-order valence-corrected chi connectivity index (χ1v) is 5.45. The number of hydrogen-bond donors (Lipinski definition) is 0. The summed E-state index contributed by atoms with van der Waals surface area (Å²) in [6.07, 6.45) is 4.74. The van der Waals surface area contributed by atoms with Gasteiger partial charge in [0.05, 0.1) is 6.67 Å². The Morgan fingerprint density at radius 3 is 2.33 bits per heavy atom. The van der Waals surface area contributed by atoms with Crippen LogP contribution in [0.4, 0.5) is 4.39 Å². The standard InChI is InChI=1S/C13H17FO/c14-10-4-3-8-12-6-1-2-7-13(12)9-5-11-15/h1-2,6-7,11H,3-5,8-10H2. The summed E-state index contributed by atoms with van der Waals surface area (Å²) in [6, 6.07) is 8.10. The largest absolute Gasteiger partial charge is 0.303 e. The van der Waals surface area contributed by atoms with Crippen molar-refractivity contribution in [2.24, 2.45) is 0 Å². The number of hydrogen-bond acceptors (Lipinski definition) is 1. The van der Waals surface area contributed by atoms with Gasteiger partial charge >= 0.3 is 0 Å². The molecule has 0 fully saturated rings. The van der Waals surface area contributed by atoms with Crippen LogP contribution in [0.1, 0.15) is 30.4 Å². The number of benzene rings is 1. The number of carbonyl (C=O) groups is 1. The van der Waals surface area contributed by atoms with Crippen molar-refractivity contribution in [1.29, 1.82) is 0 Å². The molecule has 0 amide bonds. The third kappa shape index (κ3) is 4.24. The lowest BCUT2D eigenvalue weighted by Crippen LogP contribution is -1.95. The molecule has 0 aliphatic carbocycles. The molecule has 0 bridgehead atoms. The second-order valence-electron chi connectivity index (χ2n) is 3.62. The summed E-state index contributed by atoms with van der Waals surface area (Å²) in [4.78, 5) is 10.3. The summed E-state index contributed by atoms with van der Waals surface area (Å²) in [5.74, 6) is 0. The minimum atomic E-state index is -0.240. The van der Waals surface area contributed by atoms with Gasteiger partial charge in [0.25, 0.3) is 0 Å². The van der Waals surface area contributed by atoms with Crippen molar-refractivity contribution >= 4 is 6.29 Å². The highest BCUT2D eigenvalue weighted by molar-refractivity contribution is 5.50. The second kappa shape index (κ2) is 7.16. The Bertz CT molecular complexity index is 296. The summed E-state index contributed by atoms with van der Waals surface area (Å²) in [5.41, 5.74) is 2.48. The molecule has 1 aromatic carbocycles. The summed E-state index contributed by atoms with van der Waals surface area (Å²) in [7, 11) is 0. The number of rotatable bonds is 7. The second-order valence-corrected chi connectivity index (χ2v) is 3.62. The highest BCUT2D eigenvalue weighted by Gasteiger charge is 2.01. The van der Waals surface area contributed by atoms with E-state index in [0.29, 0.717) is 12.8 Å². The summed E-state index contributed by atoms with van der Waals surface area (Å²) in [6.45, 7) is -0.240. The van der Waals surface area contributed by atoms with Crippen LogP contribution in [0.5, 0.6) is 0 Å². The van der Waals surface area contributed by atoms with Gasteiger partial charge in [0.2, 0.25) is 0 Å². The lowest BCUT2D eigenvalue weighted by atomic mass is 9.99.